The van der Waals surface area contributed by atoms with Gasteiger partial charge in [0.1, 0.15) is 0 Å². The molecule has 2 spiro atoms. The van der Waals surface area contributed by atoms with E-state index < -0.39 is 20.1 Å². The Morgan fingerprint density at radius 2 is 1.17 bits per heavy atom. The molecule has 132 valence electrons. The lowest BCUT2D eigenvalue weighted by Crippen LogP contribution is -2.53. The Morgan fingerprint density at radius 3 is 1.62 bits per heavy atom. The standard InChI is InChI=1S/C17H24O6Si/c1-24(15-9-3-2-4-10-15)22-20-16(11-5-6-12-16)18-19-17(21-23-24)13-7-8-14-17/h2-4,9-10H,5-8,11-14H2,1H3. The molecule has 1 aromatic carbocycles. The van der Waals surface area contributed by atoms with Gasteiger partial charge in [0.15, 0.2) is 0 Å². The summed E-state index contributed by atoms with van der Waals surface area (Å²) < 4.78 is 11.7. The lowest BCUT2D eigenvalue weighted by Gasteiger charge is -2.30. The van der Waals surface area contributed by atoms with Crippen molar-refractivity contribution >= 4 is 13.7 Å². The molecule has 0 amide bonds. The normalized spacial score (nSPS) is 32.5. The van der Waals surface area contributed by atoms with Crippen LogP contribution >= 0.6 is 0 Å². The molecule has 1 aromatic rings. The van der Waals surface area contributed by atoms with Crippen molar-refractivity contribution in [3.05, 3.63) is 30.3 Å². The monoisotopic (exact) mass is 352 g/mol. The Balaban J connectivity index is 1.64. The number of hydrogen-bond donors (Lipinski definition) is 0. The molecule has 0 bridgehead atoms. The van der Waals surface area contributed by atoms with Crippen molar-refractivity contribution in [2.45, 2.75) is 69.5 Å². The van der Waals surface area contributed by atoms with Crippen LogP contribution in [-0.4, -0.2) is 20.1 Å². The third-order valence-corrected chi connectivity index (χ3v) is 7.26. The van der Waals surface area contributed by atoms with Crippen molar-refractivity contribution in [1.29, 1.82) is 0 Å². The van der Waals surface area contributed by atoms with Crippen LogP contribution in [0.1, 0.15) is 51.4 Å². The van der Waals surface area contributed by atoms with E-state index in [2.05, 4.69) is 0 Å². The van der Waals surface area contributed by atoms with E-state index in [9.17, 15) is 0 Å². The molecule has 3 aliphatic rings. The Bertz CT molecular complexity index is 525. The molecule has 24 heavy (non-hydrogen) atoms. The highest BCUT2D eigenvalue weighted by Crippen LogP contribution is 2.42. The molecule has 1 aliphatic heterocycles. The molecular weight excluding hydrogens is 328 g/mol. The molecule has 0 atom stereocenters. The fourth-order valence-electron chi connectivity index (χ4n) is 3.50. The van der Waals surface area contributed by atoms with E-state index in [1.807, 2.05) is 36.9 Å². The molecule has 1 saturated heterocycles. The van der Waals surface area contributed by atoms with E-state index in [-0.39, 0.29) is 0 Å². The van der Waals surface area contributed by atoms with Crippen LogP contribution in [0.4, 0.5) is 0 Å². The second kappa shape index (κ2) is 6.49. The topological polar surface area (TPSA) is 55.4 Å². The van der Waals surface area contributed by atoms with E-state index in [0.29, 0.717) is 0 Å². The maximum absolute atomic E-state index is 5.86. The van der Waals surface area contributed by atoms with Crippen LogP contribution in [0, 0.1) is 0 Å². The lowest BCUT2D eigenvalue weighted by atomic mass is 10.2. The smallest absolute Gasteiger partial charge is 0.240 e. The Morgan fingerprint density at radius 1 is 0.708 bits per heavy atom. The molecule has 0 N–H and O–H groups in total. The minimum atomic E-state index is -2.92. The highest BCUT2D eigenvalue weighted by molar-refractivity contribution is 6.79. The fraction of sp³-hybridized carbons (Fsp3) is 0.647. The van der Waals surface area contributed by atoms with E-state index in [1.165, 1.54) is 0 Å². The van der Waals surface area contributed by atoms with Gasteiger partial charge in [0.25, 0.3) is 0 Å². The van der Waals surface area contributed by atoms with Gasteiger partial charge in [0.05, 0.1) is 0 Å². The number of rotatable bonds is 1. The summed E-state index contributed by atoms with van der Waals surface area (Å²) in [7, 11) is -2.92. The second-order valence-electron chi connectivity index (χ2n) is 7.05. The molecule has 0 radical (unpaired) electrons. The Labute approximate surface area is 143 Å². The average Bonchev–Trinajstić information content (AvgIpc) is 3.29. The first-order chi connectivity index (χ1) is 11.6. The zero-order chi connectivity index (χ0) is 16.5. The number of hydrogen-bond acceptors (Lipinski definition) is 6. The first-order valence-corrected chi connectivity index (χ1v) is 11.1. The van der Waals surface area contributed by atoms with Crippen LogP contribution in [0.25, 0.3) is 0 Å². The molecule has 4 rings (SSSR count). The highest BCUT2D eigenvalue weighted by atomic mass is 28.4. The minimum absolute atomic E-state index is 0.738. The van der Waals surface area contributed by atoms with Gasteiger partial charge in [-0.3, -0.25) is 0 Å². The Kier molecular flexibility index (Phi) is 4.50. The van der Waals surface area contributed by atoms with Crippen LogP contribution in [0.15, 0.2) is 30.3 Å². The Hall–Kier alpha value is -0.803. The second-order valence-corrected chi connectivity index (χ2v) is 9.85. The molecule has 2 saturated carbocycles. The molecule has 7 heteroatoms. The zero-order valence-corrected chi connectivity index (χ0v) is 15.0. The van der Waals surface area contributed by atoms with Crippen molar-refractivity contribution in [1.82, 2.24) is 0 Å². The van der Waals surface area contributed by atoms with E-state index in [1.54, 1.807) is 0 Å². The predicted octanol–water partition coefficient (Wildman–Crippen LogP) is 3.36. The average molecular weight is 352 g/mol. The van der Waals surface area contributed by atoms with Crippen LogP contribution < -0.4 is 5.19 Å². The molecule has 1 heterocycles. The van der Waals surface area contributed by atoms with Crippen molar-refractivity contribution in [2.24, 2.45) is 0 Å². The van der Waals surface area contributed by atoms with Gasteiger partial charge >= 0.3 is 8.56 Å². The van der Waals surface area contributed by atoms with E-state index in [0.717, 1.165) is 56.6 Å². The van der Waals surface area contributed by atoms with Gasteiger partial charge in [-0.2, -0.15) is 9.78 Å². The molecule has 0 aromatic heterocycles. The fourth-order valence-corrected chi connectivity index (χ4v) is 5.14. The maximum Gasteiger partial charge on any atom is 0.437 e. The van der Waals surface area contributed by atoms with Gasteiger partial charge < -0.3 is 0 Å². The molecular formula is C17H24O6Si. The number of benzene rings is 1. The summed E-state index contributed by atoms with van der Waals surface area (Å²) in [6.07, 6.45) is 7.03. The first kappa shape index (κ1) is 16.7. The SMILES string of the molecule is C[Si]1(c2ccccc2)OOC2(CCCC2)OOC2(CCCC2)OO1. The third kappa shape index (κ3) is 3.17. The summed E-state index contributed by atoms with van der Waals surface area (Å²) in [6.45, 7) is 1.92. The van der Waals surface area contributed by atoms with Crippen LogP contribution in [0.5, 0.6) is 0 Å². The van der Waals surface area contributed by atoms with E-state index >= 15 is 0 Å². The molecule has 0 unspecified atom stereocenters. The van der Waals surface area contributed by atoms with Gasteiger partial charge in [-0.1, -0.05) is 30.3 Å². The van der Waals surface area contributed by atoms with Crippen molar-refractivity contribution < 1.29 is 28.7 Å². The van der Waals surface area contributed by atoms with Gasteiger partial charge in [-0.15, -0.1) is 0 Å². The van der Waals surface area contributed by atoms with Gasteiger partial charge in [-0.25, -0.2) is 18.9 Å². The van der Waals surface area contributed by atoms with Crippen molar-refractivity contribution in [3.63, 3.8) is 0 Å². The predicted molar refractivity (Wildman–Crippen MR) is 86.6 cm³/mol. The van der Waals surface area contributed by atoms with Crippen molar-refractivity contribution in [2.75, 3.05) is 0 Å². The minimum Gasteiger partial charge on any atom is -0.240 e. The van der Waals surface area contributed by atoms with Crippen LogP contribution in [-0.2, 0) is 28.7 Å². The summed E-state index contributed by atoms with van der Waals surface area (Å²) in [5, 5.41) is 0.938. The highest BCUT2D eigenvalue weighted by Gasteiger charge is 2.51. The molecule has 6 nitrogen and oxygen atoms in total. The zero-order valence-electron chi connectivity index (χ0n) is 14.0. The summed E-state index contributed by atoms with van der Waals surface area (Å²) >= 11 is 0. The van der Waals surface area contributed by atoms with Crippen LogP contribution in [0.2, 0.25) is 6.55 Å². The summed E-state index contributed by atoms with van der Waals surface area (Å²) in [5.41, 5.74) is 0. The largest absolute Gasteiger partial charge is 0.437 e. The van der Waals surface area contributed by atoms with Gasteiger partial charge in [0, 0.05) is 25.7 Å². The van der Waals surface area contributed by atoms with E-state index in [4.69, 9.17) is 28.7 Å². The summed E-state index contributed by atoms with van der Waals surface area (Å²) in [5.74, 6) is -1.73. The lowest BCUT2D eigenvalue weighted by molar-refractivity contribution is -0.546. The molecule has 3 fully saturated rings. The van der Waals surface area contributed by atoms with Gasteiger partial charge in [0.2, 0.25) is 11.6 Å². The maximum atomic E-state index is 5.86. The third-order valence-electron chi connectivity index (χ3n) is 5.08. The first-order valence-electron chi connectivity index (χ1n) is 8.80. The summed E-state index contributed by atoms with van der Waals surface area (Å²) in [4.78, 5) is 23.1. The summed E-state index contributed by atoms with van der Waals surface area (Å²) in [6, 6.07) is 9.82. The molecule has 2 aliphatic carbocycles. The quantitative estimate of drug-likeness (QED) is 0.571. The van der Waals surface area contributed by atoms with Crippen molar-refractivity contribution in [3.8, 4) is 0 Å². The van der Waals surface area contributed by atoms with Crippen LogP contribution in [0.3, 0.4) is 0 Å². The van der Waals surface area contributed by atoms with Gasteiger partial charge in [-0.05, 0) is 37.4 Å².